The van der Waals surface area contributed by atoms with Crippen molar-refractivity contribution in [3.05, 3.63) is 34.3 Å². The van der Waals surface area contributed by atoms with Crippen LogP contribution >= 0.6 is 11.3 Å². The van der Waals surface area contributed by atoms with E-state index in [4.69, 9.17) is 5.73 Å². The van der Waals surface area contributed by atoms with Crippen LogP contribution in [0.5, 0.6) is 0 Å². The Morgan fingerprint density at radius 3 is 2.95 bits per heavy atom. The van der Waals surface area contributed by atoms with Crippen LogP contribution in [0.3, 0.4) is 0 Å². The lowest BCUT2D eigenvalue weighted by atomic mass is 10.2. The SMILES string of the molecule is Cc1ncsc1CN(C)C(CN)c1cncn1C1CC1. The van der Waals surface area contributed by atoms with Gasteiger partial charge in [-0.2, -0.15) is 0 Å². The first-order valence-electron chi connectivity index (χ1n) is 7.01. The summed E-state index contributed by atoms with van der Waals surface area (Å²) >= 11 is 1.71. The second kappa shape index (κ2) is 5.63. The standard InChI is InChI=1S/C14H21N5S/c1-10-14(20-9-17-10)7-18(2)12(5-15)13-6-16-8-19(13)11-3-4-11/h6,8-9,11-12H,3-5,7,15H2,1-2H3. The molecule has 1 unspecified atom stereocenters. The molecular formula is C14H21N5S. The first kappa shape index (κ1) is 13.7. The van der Waals surface area contributed by atoms with Crippen LogP contribution in [0.1, 0.15) is 41.2 Å². The van der Waals surface area contributed by atoms with Crippen LogP contribution in [0.15, 0.2) is 18.0 Å². The Kier molecular flexibility index (Phi) is 3.87. The zero-order valence-electron chi connectivity index (χ0n) is 12.0. The molecule has 1 aliphatic rings. The van der Waals surface area contributed by atoms with Gasteiger partial charge in [-0.15, -0.1) is 11.3 Å². The lowest BCUT2D eigenvalue weighted by molar-refractivity contribution is 0.233. The largest absolute Gasteiger partial charge is 0.330 e. The maximum Gasteiger partial charge on any atom is 0.0951 e. The van der Waals surface area contributed by atoms with Crippen molar-refractivity contribution in [3.8, 4) is 0 Å². The number of nitrogens with two attached hydrogens (primary N) is 1. The molecule has 108 valence electrons. The molecular weight excluding hydrogens is 270 g/mol. The number of nitrogens with zero attached hydrogens (tertiary/aromatic N) is 4. The molecule has 0 spiro atoms. The monoisotopic (exact) mass is 291 g/mol. The highest BCUT2D eigenvalue weighted by Gasteiger charge is 2.29. The van der Waals surface area contributed by atoms with Gasteiger partial charge >= 0.3 is 0 Å². The van der Waals surface area contributed by atoms with Gasteiger partial charge in [-0.05, 0) is 26.8 Å². The van der Waals surface area contributed by atoms with E-state index in [2.05, 4.69) is 33.4 Å². The normalized spacial score (nSPS) is 16.8. The fraction of sp³-hybridized carbons (Fsp3) is 0.571. The van der Waals surface area contributed by atoms with E-state index in [1.165, 1.54) is 23.4 Å². The van der Waals surface area contributed by atoms with Gasteiger partial charge in [-0.25, -0.2) is 9.97 Å². The van der Waals surface area contributed by atoms with Crippen molar-refractivity contribution in [1.29, 1.82) is 0 Å². The second-order valence-corrected chi connectivity index (χ2v) is 6.42. The Morgan fingerprint density at radius 1 is 1.55 bits per heavy atom. The van der Waals surface area contributed by atoms with Crippen LogP contribution in [-0.4, -0.2) is 33.0 Å². The second-order valence-electron chi connectivity index (χ2n) is 5.48. The number of hydrogen-bond acceptors (Lipinski definition) is 5. The Balaban J connectivity index is 1.78. The molecule has 2 heterocycles. The summed E-state index contributed by atoms with van der Waals surface area (Å²) in [4.78, 5) is 12.2. The lowest BCUT2D eigenvalue weighted by Crippen LogP contribution is -2.31. The van der Waals surface area contributed by atoms with Crippen molar-refractivity contribution < 1.29 is 0 Å². The molecule has 3 rings (SSSR count). The maximum atomic E-state index is 6.03. The third-order valence-electron chi connectivity index (χ3n) is 3.97. The minimum atomic E-state index is 0.208. The van der Waals surface area contributed by atoms with Crippen molar-refractivity contribution in [1.82, 2.24) is 19.4 Å². The van der Waals surface area contributed by atoms with Gasteiger partial charge in [-0.3, -0.25) is 4.90 Å². The molecule has 2 aromatic rings. The van der Waals surface area contributed by atoms with Gasteiger partial charge in [0.1, 0.15) is 0 Å². The highest BCUT2D eigenvalue weighted by atomic mass is 32.1. The van der Waals surface area contributed by atoms with Crippen LogP contribution in [0.25, 0.3) is 0 Å². The summed E-state index contributed by atoms with van der Waals surface area (Å²) < 4.78 is 2.30. The smallest absolute Gasteiger partial charge is 0.0951 e. The fourth-order valence-electron chi connectivity index (χ4n) is 2.57. The molecule has 0 saturated heterocycles. The average Bonchev–Trinajstić information content (AvgIpc) is 3.04. The van der Waals surface area contributed by atoms with Gasteiger partial charge in [-0.1, -0.05) is 0 Å². The van der Waals surface area contributed by atoms with Crippen LogP contribution < -0.4 is 5.73 Å². The lowest BCUT2D eigenvalue weighted by Gasteiger charge is -2.27. The molecule has 2 aromatic heterocycles. The average molecular weight is 291 g/mol. The zero-order valence-corrected chi connectivity index (χ0v) is 12.8. The number of imidazole rings is 1. The summed E-state index contributed by atoms with van der Waals surface area (Å²) in [5, 5.41) is 0. The summed E-state index contributed by atoms with van der Waals surface area (Å²) in [7, 11) is 2.13. The minimum absolute atomic E-state index is 0.208. The van der Waals surface area contributed by atoms with Crippen molar-refractivity contribution >= 4 is 11.3 Å². The maximum absolute atomic E-state index is 6.03. The first-order chi connectivity index (χ1) is 9.70. The summed E-state index contributed by atoms with van der Waals surface area (Å²) in [6, 6.07) is 0.847. The van der Waals surface area contributed by atoms with E-state index in [0.29, 0.717) is 12.6 Å². The van der Waals surface area contributed by atoms with Crippen molar-refractivity contribution in [2.75, 3.05) is 13.6 Å². The van der Waals surface area contributed by atoms with Gasteiger partial charge < -0.3 is 10.3 Å². The summed E-state index contributed by atoms with van der Waals surface area (Å²) in [5.41, 5.74) is 10.3. The number of hydrogen-bond donors (Lipinski definition) is 1. The molecule has 0 aromatic carbocycles. The number of aryl methyl sites for hydroxylation is 1. The number of likely N-dealkylation sites (N-methyl/N-ethyl adjacent to an activating group) is 1. The highest BCUT2D eigenvalue weighted by molar-refractivity contribution is 7.09. The van der Waals surface area contributed by atoms with Gasteiger partial charge in [0, 0.05) is 30.2 Å². The van der Waals surface area contributed by atoms with Crippen LogP contribution in [0.4, 0.5) is 0 Å². The molecule has 1 fully saturated rings. The molecule has 0 amide bonds. The van der Waals surface area contributed by atoms with Gasteiger partial charge in [0.25, 0.3) is 0 Å². The van der Waals surface area contributed by atoms with E-state index in [9.17, 15) is 0 Å². The summed E-state index contributed by atoms with van der Waals surface area (Å²) in [5.74, 6) is 0. The topological polar surface area (TPSA) is 60.0 Å². The molecule has 1 atom stereocenters. The van der Waals surface area contributed by atoms with Crippen LogP contribution in [-0.2, 0) is 6.54 Å². The molecule has 20 heavy (non-hydrogen) atoms. The van der Waals surface area contributed by atoms with Crippen molar-refractivity contribution in [3.63, 3.8) is 0 Å². The van der Waals surface area contributed by atoms with Crippen LogP contribution in [0.2, 0.25) is 0 Å². The minimum Gasteiger partial charge on any atom is -0.330 e. The Morgan fingerprint density at radius 2 is 2.35 bits per heavy atom. The van der Waals surface area contributed by atoms with E-state index in [-0.39, 0.29) is 6.04 Å². The number of thiazole rings is 1. The fourth-order valence-corrected chi connectivity index (χ4v) is 3.41. The predicted octanol–water partition coefficient (Wildman–Crippen LogP) is 2.11. The number of aromatic nitrogens is 3. The molecule has 0 aliphatic heterocycles. The molecule has 6 heteroatoms. The molecule has 0 bridgehead atoms. The Hall–Kier alpha value is -1.24. The van der Waals surface area contributed by atoms with Gasteiger partial charge in [0.05, 0.1) is 29.3 Å². The van der Waals surface area contributed by atoms with Gasteiger partial charge in [0.15, 0.2) is 0 Å². The van der Waals surface area contributed by atoms with E-state index in [0.717, 1.165) is 12.2 Å². The molecule has 0 radical (unpaired) electrons. The van der Waals surface area contributed by atoms with E-state index in [1.54, 1.807) is 11.3 Å². The molecule has 5 nitrogen and oxygen atoms in total. The van der Waals surface area contributed by atoms with Crippen molar-refractivity contribution in [2.24, 2.45) is 5.73 Å². The molecule has 1 aliphatic carbocycles. The van der Waals surface area contributed by atoms with Crippen molar-refractivity contribution in [2.45, 2.75) is 38.4 Å². The molecule has 1 saturated carbocycles. The summed E-state index contributed by atoms with van der Waals surface area (Å²) in [6.45, 7) is 3.55. The van der Waals surface area contributed by atoms with E-state index in [1.807, 2.05) is 18.0 Å². The zero-order chi connectivity index (χ0) is 14.1. The van der Waals surface area contributed by atoms with E-state index >= 15 is 0 Å². The Labute approximate surface area is 123 Å². The first-order valence-corrected chi connectivity index (χ1v) is 7.89. The van der Waals surface area contributed by atoms with E-state index < -0.39 is 0 Å². The highest BCUT2D eigenvalue weighted by Crippen LogP contribution is 2.37. The van der Waals surface area contributed by atoms with Crippen LogP contribution in [0, 0.1) is 6.92 Å². The quantitative estimate of drug-likeness (QED) is 0.885. The Bertz CT molecular complexity index is 572. The third-order valence-corrected chi connectivity index (χ3v) is 4.89. The van der Waals surface area contributed by atoms with Gasteiger partial charge in [0.2, 0.25) is 0 Å². The predicted molar refractivity (Wildman–Crippen MR) is 80.6 cm³/mol. The third kappa shape index (κ3) is 2.63. The number of rotatable bonds is 6. The molecule has 2 N–H and O–H groups in total. The summed E-state index contributed by atoms with van der Waals surface area (Å²) in [6.07, 6.45) is 6.43.